The fourth-order valence-electron chi connectivity index (χ4n) is 3.50. The van der Waals surface area contributed by atoms with E-state index in [1.165, 1.54) is 0 Å². The number of carbonyl (C=O) groups excluding carboxylic acids is 1. The van der Waals surface area contributed by atoms with Crippen LogP contribution in [0, 0.1) is 13.8 Å². The molecule has 0 aliphatic heterocycles. The lowest BCUT2D eigenvalue weighted by Crippen LogP contribution is -2.34. The Kier molecular flexibility index (Phi) is 5.63. The summed E-state index contributed by atoms with van der Waals surface area (Å²) in [7, 11) is 1.77. The predicted octanol–water partition coefficient (Wildman–Crippen LogP) is 4.32. The molecule has 0 aliphatic carbocycles. The van der Waals surface area contributed by atoms with Gasteiger partial charge in [0.25, 0.3) is 5.56 Å². The van der Waals surface area contributed by atoms with E-state index in [1.54, 1.807) is 22.6 Å². The van der Waals surface area contributed by atoms with E-state index in [4.69, 9.17) is 4.98 Å². The molecule has 1 atom stereocenters. The first-order valence-electron chi connectivity index (χ1n) is 9.70. The average Bonchev–Trinajstić information content (AvgIpc) is 2.68. The van der Waals surface area contributed by atoms with Gasteiger partial charge in [0.2, 0.25) is 5.91 Å². The van der Waals surface area contributed by atoms with Gasteiger partial charge in [-0.3, -0.25) is 14.2 Å². The SMILES string of the molecule is CCCC(=O)N(C)C(C)c1nc2ccccc2c(=O)n1-c1ccc(C)cc1C. The molecule has 0 saturated heterocycles. The minimum atomic E-state index is -0.336. The van der Waals surface area contributed by atoms with E-state index < -0.39 is 0 Å². The number of benzene rings is 2. The van der Waals surface area contributed by atoms with Crippen LogP contribution in [0.15, 0.2) is 47.3 Å². The van der Waals surface area contributed by atoms with Crippen molar-refractivity contribution >= 4 is 16.8 Å². The highest BCUT2D eigenvalue weighted by molar-refractivity contribution is 5.79. The second-order valence-electron chi connectivity index (χ2n) is 7.35. The summed E-state index contributed by atoms with van der Waals surface area (Å²) < 4.78 is 1.66. The zero-order valence-electron chi connectivity index (χ0n) is 17.2. The Morgan fingerprint density at radius 3 is 2.57 bits per heavy atom. The minimum Gasteiger partial charge on any atom is -0.336 e. The van der Waals surface area contributed by atoms with Gasteiger partial charge in [0.05, 0.1) is 22.6 Å². The standard InChI is InChI=1S/C23H27N3O2/c1-6-9-21(27)25(5)17(4)22-24-19-11-8-7-10-18(19)23(28)26(22)20-13-12-15(2)14-16(20)3/h7-8,10-14,17H,6,9H2,1-5H3. The van der Waals surface area contributed by atoms with Gasteiger partial charge in [0.15, 0.2) is 0 Å². The highest BCUT2D eigenvalue weighted by Crippen LogP contribution is 2.24. The van der Waals surface area contributed by atoms with Gasteiger partial charge in [-0.1, -0.05) is 36.8 Å². The van der Waals surface area contributed by atoms with E-state index in [-0.39, 0.29) is 17.5 Å². The number of aromatic nitrogens is 2. The molecule has 28 heavy (non-hydrogen) atoms. The fourth-order valence-corrected chi connectivity index (χ4v) is 3.50. The van der Waals surface area contributed by atoms with Crippen molar-refractivity contribution in [1.82, 2.24) is 14.5 Å². The number of rotatable bonds is 5. The van der Waals surface area contributed by atoms with Crippen LogP contribution in [0.1, 0.15) is 49.7 Å². The van der Waals surface area contributed by atoms with E-state index in [2.05, 4.69) is 6.07 Å². The van der Waals surface area contributed by atoms with E-state index in [0.29, 0.717) is 23.1 Å². The van der Waals surface area contributed by atoms with Crippen molar-refractivity contribution in [1.29, 1.82) is 0 Å². The molecule has 1 heterocycles. The third kappa shape index (κ3) is 3.57. The Bertz CT molecular complexity index is 1080. The lowest BCUT2D eigenvalue weighted by Gasteiger charge is -2.27. The molecule has 5 heteroatoms. The van der Waals surface area contributed by atoms with Crippen LogP contribution in [0.4, 0.5) is 0 Å². The highest BCUT2D eigenvalue weighted by Gasteiger charge is 2.24. The zero-order valence-corrected chi connectivity index (χ0v) is 17.2. The molecule has 1 unspecified atom stereocenters. The van der Waals surface area contributed by atoms with Crippen LogP contribution in [0.2, 0.25) is 0 Å². The Hall–Kier alpha value is -2.95. The predicted molar refractivity (Wildman–Crippen MR) is 113 cm³/mol. The van der Waals surface area contributed by atoms with Gasteiger partial charge in [-0.05, 0) is 51.0 Å². The summed E-state index contributed by atoms with van der Waals surface area (Å²) in [6, 6.07) is 13.0. The van der Waals surface area contributed by atoms with Crippen molar-refractivity contribution in [3.8, 4) is 5.69 Å². The molecular formula is C23H27N3O2. The molecule has 0 saturated carbocycles. The molecule has 1 aromatic heterocycles. The van der Waals surface area contributed by atoms with Crippen LogP contribution < -0.4 is 5.56 Å². The molecule has 0 bridgehead atoms. The number of carbonyl (C=O) groups is 1. The van der Waals surface area contributed by atoms with Crippen LogP contribution in [-0.2, 0) is 4.79 Å². The lowest BCUT2D eigenvalue weighted by molar-refractivity contribution is -0.132. The number of hydrogen-bond acceptors (Lipinski definition) is 3. The molecule has 0 N–H and O–H groups in total. The van der Waals surface area contributed by atoms with Gasteiger partial charge in [-0.15, -0.1) is 0 Å². The summed E-state index contributed by atoms with van der Waals surface area (Å²) in [5.41, 5.74) is 3.46. The van der Waals surface area contributed by atoms with Crippen LogP contribution >= 0.6 is 0 Å². The van der Waals surface area contributed by atoms with Crippen LogP contribution in [0.3, 0.4) is 0 Å². The van der Waals surface area contributed by atoms with Crippen LogP contribution in [0.5, 0.6) is 0 Å². The third-order valence-corrected chi connectivity index (χ3v) is 5.21. The number of fused-ring (bicyclic) bond motifs is 1. The second-order valence-corrected chi connectivity index (χ2v) is 7.35. The largest absolute Gasteiger partial charge is 0.336 e. The molecule has 0 radical (unpaired) electrons. The van der Waals surface area contributed by atoms with Crippen LogP contribution in [-0.4, -0.2) is 27.4 Å². The van der Waals surface area contributed by atoms with Gasteiger partial charge >= 0.3 is 0 Å². The molecule has 5 nitrogen and oxygen atoms in total. The maximum Gasteiger partial charge on any atom is 0.266 e. The smallest absolute Gasteiger partial charge is 0.266 e. The number of amides is 1. The summed E-state index contributed by atoms with van der Waals surface area (Å²) in [5, 5.41) is 0.570. The molecule has 0 aliphatic rings. The molecule has 3 rings (SSSR count). The Morgan fingerprint density at radius 1 is 1.18 bits per heavy atom. The number of aryl methyl sites for hydroxylation is 2. The summed E-state index contributed by atoms with van der Waals surface area (Å²) in [4.78, 5) is 32.4. The normalized spacial score (nSPS) is 12.2. The topological polar surface area (TPSA) is 55.2 Å². The molecule has 0 fully saturated rings. The Balaban J connectivity index is 2.28. The van der Waals surface area contributed by atoms with Gasteiger partial charge in [-0.25, -0.2) is 4.98 Å². The number of para-hydroxylation sites is 1. The summed E-state index contributed by atoms with van der Waals surface area (Å²) in [6.07, 6.45) is 1.26. The molecule has 1 amide bonds. The Morgan fingerprint density at radius 2 is 1.89 bits per heavy atom. The second kappa shape index (κ2) is 7.97. The monoisotopic (exact) mass is 377 g/mol. The zero-order chi connectivity index (χ0) is 20.4. The summed E-state index contributed by atoms with van der Waals surface area (Å²) in [5.74, 6) is 0.618. The van der Waals surface area contributed by atoms with Gasteiger partial charge in [-0.2, -0.15) is 0 Å². The van der Waals surface area contributed by atoms with Crippen molar-refractivity contribution in [2.75, 3.05) is 7.05 Å². The van der Waals surface area contributed by atoms with E-state index >= 15 is 0 Å². The lowest BCUT2D eigenvalue weighted by atomic mass is 10.1. The van der Waals surface area contributed by atoms with Crippen LogP contribution in [0.25, 0.3) is 16.6 Å². The first-order valence-corrected chi connectivity index (χ1v) is 9.70. The first kappa shape index (κ1) is 19.8. The quantitative estimate of drug-likeness (QED) is 0.665. The van der Waals surface area contributed by atoms with E-state index in [0.717, 1.165) is 23.2 Å². The van der Waals surface area contributed by atoms with Gasteiger partial charge in [0.1, 0.15) is 5.82 Å². The van der Waals surface area contributed by atoms with Crippen molar-refractivity contribution in [3.63, 3.8) is 0 Å². The number of hydrogen-bond donors (Lipinski definition) is 0. The highest BCUT2D eigenvalue weighted by atomic mass is 16.2. The van der Waals surface area contributed by atoms with Crippen molar-refractivity contribution < 1.29 is 4.79 Å². The van der Waals surface area contributed by atoms with Crippen molar-refractivity contribution in [2.24, 2.45) is 0 Å². The molecule has 2 aromatic carbocycles. The summed E-state index contributed by atoms with van der Waals surface area (Å²) in [6.45, 7) is 7.92. The fraction of sp³-hybridized carbons (Fsp3) is 0.348. The average molecular weight is 377 g/mol. The minimum absolute atomic E-state index is 0.0459. The summed E-state index contributed by atoms with van der Waals surface area (Å²) >= 11 is 0. The third-order valence-electron chi connectivity index (χ3n) is 5.21. The molecular weight excluding hydrogens is 350 g/mol. The van der Waals surface area contributed by atoms with E-state index in [1.807, 2.05) is 58.0 Å². The van der Waals surface area contributed by atoms with Gasteiger partial charge in [0, 0.05) is 13.5 Å². The first-order chi connectivity index (χ1) is 13.3. The number of nitrogens with zero attached hydrogens (tertiary/aromatic N) is 3. The molecule has 3 aromatic rings. The van der Waals surface area contributed by atoms with Crippen molar-refractivity contribution in [2.45, 2.75) is 46.6 Å². The maximum absolute atomic E-state index is 13.4. The molecule has 0 spiro atoms. The maximum atomic E-state index is 13.4. The van der Waals surface area contributed by atoms with Gasteiger partial charge < -0.3 is 4.90 Å². The molecule has 146 valence electrons. The van der Waals surface area contributed by atoms with E-state index in [9.17, 15) is 9.59 Å². The van der Waals surface area contributed by atoms with Crippen molar-refractivity contribution in [3.05, 3.63) is 69.8 Å². The Labute approximate surface area is 165 Å².